The van der Waals surface area contributed by atoms with Gasteiger partial charge in [-0.25, -0.2) is 4.79 Å². The molecule has 0 N–H and O–H groups in total. The summed E-state index contributed by atoms with van der Waals surface area (Å²) in [6.07, 6.45) is 5.05. The zero-order valence-corrected chi connectivity index (χ0v) is 12.5. The van der Waals surface area contributed by atoms with E-state index in [0.29, 0.717) is 13.0 Å². The van der Waals surface area contributed by atoms with Crippen molar-refractivity contribution in [3.63, 3.8) is 0 Å². The standard InChI is InChI=1S/C17H19NO4/c1-21-16(19)13-9-5-6-10-14(13)18-15(11-22-17(18)20)12-7-3-2-4-8-12/h2-4,6-8,10,13-15H,5,9,11H2,1H3/t13-,14-,15+/m1/s1. The molecule has 0 unspecified atom stereocenters. The molecule has 1 amide bonds. The van der Waals surface area contributed by atoms with Gasteiger partial charge in [0.25, 0.3) is 0 Å². The summed E-state index contributed by atoms with van der Waals surface area (Å²) in [7, 11) is 1.38. The van der Waals surface area contributed by atoms with Crippen LogP contribution in [0.3, 0.4) is 0 Å². The molecule has 5 heteroatoms. The molecular weight excluding hydrogens is 282 g/mol. The second-order valence-electron chi connectivity index (χ2n) is 5.54. The first kappa shape index (κ1) is 14.6. The molecule has 0 saturated carbocycles. The summed E-state index contributed by atoms with van der Waals surface area (Å²) in [5, 5.41) is 0. The maximum Gasteiger partial charge on any atom is 0.411 e. The number of ether oxygens (including phenoxy) is 2. The highest BCUT2D eigenvalue weighted by Gasteiger charge is 2.44. The van der Waals surface area contributed by atoms with E-state index in [2.05, 4.69) is 0 Å². The van der Waals surface area contributed by atoms with Gasteiger partial charge >= 0.3 is 12.1 Å². The summed E-state index contributed by atoms with van der Waals surface area (Å²) in [4.78, 5) is 26.0. The van der Waals surface area contributed by atoms with Crippen LogP contribution in [-0.4, -0.2) is 36.7 Å². The summed E-state index contributed by atoms with van der Waals surface area (Å²) in [5.74, 6) is -0.618. The molecule has 0 spiro atoms. The number of hydrogen-bond acceptors (Lipinski definition) is 4. The van der Waals surface area contributed by atoms with Crippen molar-refractivity contribution in [1.29, 1.82) is 0 Å². The Kier molecular flexibility index (Phi) is 4.13. The van der Waals surface area contributed by atoms with Gasteiger partial charge in [0.05, 0.1) is 25.1 Å². The lowest BCUT2D eigenvalue weighted by Gasteiger charge is -2.35. The van der Waals surface area contributed by atoms with Crippen molar-refractivity contribution in [3.8, 4) is 0 Å². The van der Waals surface area contributed by atoms with Crippen molar-refractivity contribution in [1.82, 2.24) is 4.90 Å². The molecule has 1 saturated heterocycles. The predicted octanol–water partition coefficient (Wildman–Crippen LogP) is 2.69. The third-order valence-corrected chi connectivity index (χ3v) is 4.31. The maximum atomic E-state index is 12.2. The molecule has 1 aromatic carbocycles. The Morgan fingerprint density at radius 2 is 2.09 bits per heavy atom. The first-order chi connectivity index (χ1) is 10.7. The molecule has 3 atom stereocenters. The van der Waals surface area contributed by atoms with Crippen LogP contribution in [0.4, 0.5) is 4.79 Å². The fourth-order valence-electron chi connectivity index (χ4n) is 3.21. The second-order valence-corrected chi connectivity index (χ2v) is 5.54. The number of esters is 1. The van der Waals surface area contributed by atoms with Gasteiger partial charge in [-0.05, 0) is 18.4 Å². The van der Waals surface area contributed by atoms with Crippen LogP contribution in [0.25, 0.3) is 0 Å². The Hall–Kier alpha value is -2.30. The molecule has 2 aliphatic rings. The zero-order chi connectivity index (χ0) is 15.5. The van der Waals surface area contributed by atoms with Crippen LogP contribution in [-0.2, 0) is 14.3 Å². The lowest BCUT2D eigenvalue weighted by molar-refractivity contribution is -0.147. The Morgan fingerprint density at radius 3 is 2.82 bits per heavy atom. The highest BCUT2D eigenvalue weighted by Crippen LogP contribution is 2.35. The van der Waals surface area contributed by atoms with Gasteiger partial charge in [0.1, 0.15) is 6.61 Å². The molecule has 22 heavy (non-hydrogen) atoms. The van der Waals surface area contributed by atoms with E-state index >= 15 is 0 Å². The van der Waals surface area contributed by atoms with Crippen molar-refractivity contribution in [2.45, 2.75) is 24.9 Å². The van der Waals surface area contributed by atoms with Gasteiger partial charge in [0.2, 0.25) is 0 Å². The van der Waals surface area contributed by atoms with Gasteiger partial charge in [-0.2, -0.15) is 0 Å². The Labute approximate surface area is 129 Å². The molecule has 0 aromatic heterocycles. The fraction of sp³-hybridized carbons (Fsp3) is 0.412. The summed E-state index contributed by atoms with van der Waals surface area (Å²) in [5.41, 5.74) is 1.01. The predicted molar refractivity (Wildman–Crippen MR) is 80.0 cm³/mol. The Balaban J connectivity index is 1.92. The number of rotatable bonds is 3. The average Bonchev–Trinajstić information content (AvgIpc) is 2.96. The SMILES string of the molecule is COC(=O)[C@@H]1CCC=C[C@H]1N1C(=O)OC[C@H]1c1ccccc1. The molecule has 1 fully saturated rings. The van der Waals surface area contributed by atoms with E-state index in [-0.39, 0.29) is 30.1 Å². The van der Waals surface area contributed by atoms with Crippen molar-refractivity contribution in [3.05, 3.63) is 48.0 Å². The van der Waals surface area contributed by atoms with E-state index in [4.69, 9.17) is 9.47 Å². The van der Waals surface area contributed by atoms with Gasteiger partial charge < -0.3 is 9.47 Å². The van der Waals surface area contributed by atoms with E-state index in [1.165, 1.54) is 7.11 Å². The van der Waals surface area contributed by atoms with E-state index in [9.17, 15) is 9.59 Å². The third-order valence-electron chi connectivity index (χ3n) is 4.31. The molecule has 1 heterocycles. The minimum atomic E-state index is -0.376. The number of nitrogens with zero attached hydrogens (tertiary/aromatic N) is 1. The molecule has 5 nitrogen and oxygen atoms in total. The molecule has 1 aliphatic heterocycles. The van der Waals surface area contributed by atoms with Gasteiger partial charge in [0, 0.05) is 0 Å². The summed E-state index contributed by atoms with van der Waals surface area (Å²) in [6, 6.07) is 9.26. The van der Waals surface area contributed by atoms with Crippen LogP contribution in [0.1, 0.15) is 24.4 Å². The minimum Gasteiger partial charge on any atom is -0.469 e. The summed E-state index contributed by atoms with van der Waals surface area (Å²) >= 11 is 0. The number of allylic oxidation sites excluding steroid dienone is 1. The number of amides is 1. The van der Waals surface area contributed by atoms with Crippen LogP contribution in [0.5, 0.6) is 0 Å². The number of methoxy groups -OCH3 is 1. The smallest absolute Gasteiger partial charge is 0.411 e. The number of benzene rings is 1. The topological polar surface area (TPSA) is 55.8 Å². The van der Waals surface area contributed by atoms with E-state index in [1.807, 2.05) is 42.5 Å². The van der Waals surface area contributed by atoms with Crippen LogP contribution in [0.2, 0.25) is 0 Å². The van der Waals surface area contributed by atoms with Crippen LogP contribution in [0.15, 0.2) is 42.5 Å². The van der Waals surface area contributed by atoms with Gasteiger partial charge in [0.15, 0.2) is 0 Å². The molecule has 116 valence electrons. The van der Waals surface area contributed by atoms with Crippen LogP contribution < -0.4 is 0 Å². The zero-order valence-electron chi connectivity index (χ0n) is 12.5. The fourth-order valence-corrected chi connectivity index (χ4v) is 3.21. The Bertz CT molecular complexity index is 584. The molecule has 1 aromatic rings. The van der Waals surface area contributed by atoms with Gasteiger partial charge in [-0.1, -0.05) is 42.5 Å². The van der Waals surface area contributed by atoms with Crippen molar-refractivity contribution in [2.24, 2.45) is 5.92 Å². The van der Waals surface area contributed by atoms with Gasteiger partial charge in [-0.15, -0.1) is 0 Å². The lowest BCUT2D eigenvalue weighted by Crippen LogP contribution is -2.45. The molecule has 0 bridgehead atoms. The third kappa shape index (κ3) is 2.58. The minimum absolute atomic E-state index is 0.173. The molecule has 3 rings (SSSR count). The highest BCUT2D eigenvalue weighted by molar-refractivity contribution is 5.77. The average molecular weight is 301 g/mol. The summed E-state index contributed by atoms with van der Waals surface area (Å²) in [6.45, 7) is 0.307. The largest absolute Gasteiger partial charge is 0.469 e. The number of cyclic esters (lactones) is 1. The van der Waals surface area contributed by atoms with Gasteiger partial charge in [-0.3, -0.25) is 9.69 Å². The normalized spacial score (nSPS) is 27.6. The van der Waals surface area contributed by atoms with E-state index in [0.717, 1.165) is 12.0 Å². The summed E-state index contributed by atoms with van der Waals surface area (Å²) < 4.78 is 10.2. The first-order valence-corrected chi connectivity index (χ1v) is 7.47. The Morgan fingerprint density at radius 1 is 1.32 bits per heavy atom. The highest BCUT2D eigenvalue weighted by atomic mass is 16.6. The van der Waals surface area contributed by atoms with Crippen LogP contribution in [0, 0.1) is 5.92 Å². The second kappa shape index (κ2) is 6.22. The van der Waals surface area contributed by atoms with Crippen molar-refractivity contribution < 1.29 is 19.1 Å². The molecule has 0 radical (unpaired) electrons. The van der Waals surface area contributed by atoms with Crippen LogP contribution >= 0.6 is 0 Å². The maximum absolute atomic E-state index is 12.2. The number of carbonyl (C=O) groups excluding carboxylic acids is 2. The van der Waals surface area contributed by atoms with Crippen molar-refractivity contribution in [2.75, 3.05) is 13.7 Å². The first-order valence-electron chi connectivity index (χ1n) is 7.47. The van der Waals surface area contributed by atoms with E-state index in [1.54, 1.807) is 4.90 Å². The quantitative estimate of drug-likeness (QED) is 0.636. The van der Waals surface area contributed by atoms with E-state index < -0.39 is 0 Å². The number of hydrogen-bond donors (Lipinski definition) is 0. The monoisotopic (exact) mass is 301 g/mol. The lowest BCUT2D eigenvalue weighted by atomic mass is 9.87. The molecule has 1 aliphatic carbocycles. The number of carbonyl (C=O) groups is 2. The molecular formula is C17H19NO4. The van der Waals surface area contributed by atoms with Crippen molar-refractivity contribution >= 4 is 12.1 Å².